The van der Waals surface area contributed by atoms with Gasteiger partial charge in [-0.05, 0) is 38.9 Å². The van der Waals surface area contributed by atoms with E-state index >= 15 is 0 Å². The van der Waals surface area contributed by atoms with Gasteiger partial charge in [-0.2, -0.15) is 0 Å². The highest BCUT2D eigenvalue weighted by atomic mass is 28.3. The van der Waals surface area contributed by atoms with Crippen LogP contribution in [0.3, 0.4) is 0 Å². The number of fused-ring (bicyclic) bond motifs is 5. The molecule has 4 heteroatoms. The number of pyridine rings is 1. The summed E-state index contributed by atoms with van der Waals surface area (Å²) in [4.78, 5) is 4.90. The van der Waals surface area contributed by atoms with Crippen molar-refractivity contribution in [1.82, 2.24) is 4.98 Å². The number of hydrogen-bond acceptors (Lipinski definition) is 2. The molecule has 0 saturated carbocycles. The zero-order chi connectivity index (χ0) is 18.0. The topological polar surface area (TPSA) is 22.1 Å². The lowest BCUT2D eigenvalue weighted by Gasteiger charge is -2.22. The number of nitrogens with zero attached hydrogens (tertiary/aromatic N) is 1. The highest BCUT2D eigenvalue weighted by Gasteiger charge is 2.41. The van der Waals surface area contributed by atoms with Crippen molar-refractivity contribution >= 4 is 45.8 Å². The third-order valence-electron chi connectivity index (χ3n) is 5.44. The minimum absolute atomic E-state index is 0.142. The van der Waals surface area contributed by atoms with Gasteiger partial charge in [-0.3, -0.25) is 4.98 Å². The van der Waals surface area contributed by atoms with Gasteiger partial charge in [-0.15, -0.1) is 0 Å². The average molecular weight is 359 g/mol. The van der Waals surface area contributed by atoms with Crippen LogP contribution in [0.25, 0.3) is 22.0 Å². The fourth-order valence-electron chi connectivity index (χ4n) is 4.04. The Morgan fingerprint density at radius 2 is 1.84 bits per heavy atom. The van der Waals surface area contributed by atoms with Crippen LogP contribution < -0.4 is 14.2 Å². The molecule has 2 aromatic carbocycles. The summed E-state index contributed by atoms with van der Waals surface area (Å²) in [5, 5.41) is 5.45. The molecule has 2 radical (unpaired) electrons. The van der Waals surface area contributed by atoms with Gasteiger partial charge < -0.3 is 3.79 Å². The number of hydrogen-bond donors (Lipinski definition) is 0. The van der Waals surface area contributed by atoms with Crippen LogP contribution in [0, 0.1) is 0 Å². The summed E-state index contributed by atoms with van der Waals surface area (Å²) in [5.41, 5.74) is 3.79. The molecule has 0 bridgehead atoms. The van der Waals surface area contributed by atoms with E-state index in [1.54, 1.807) is 0 Å². The number of rotatable bonds is 1. The molecule has 124 valence electrons. The third-order valence-corrected chi connectivity index (χ3v) is 9.22. The summed E-state index contributed by atoms with van der Waals surface area (Å²) in [5.74, 6) is 0.903. The van der Waals surface area contributed by atoms with Gasteiger partial charge in [0.25, 0.3) is 0 Å². The second kappa shape index (κ2) is 5.45. The predicted octanol–water partition coefficient (Wildman–Crippen LogP) is 3.80. The molecule has 25 heavy (non-hydrogen) atoms. The van der Waals surface area contributed by atoms with Gasteiger partial charge in [-0.25, -0.2) is 0 Å². The first-order valence-corrected chi connectivity index (χ1v) is 12.2. The first-order chi connectivity index (χ1) is 11.7. The van der Waals surface area contributed by atoms with Crippen molar-refractivity contribution in [2.75, 3.05) is 0 Å². The van der Waals surface area contributed by atoms with Gasteiger partial charge in [0.2, 0.25) is 0 Å². The van der Waals surface area contributed by atoms with Crippen molar-refractivity contribution in [2.24, 2.45) is 0 Å². The predicted molar refractivity (Wildman–Crippen MR) is 109 cm³/mol. The molecule has 4 rings (SSSR count). The van der Waals surface area contributed by atoms with Crippen molar-refractivity contribution in [3.8, 4) is 17.0 Å². The number of aromatic nitrogens is 1. The Bertz CT molecular complexity index is 1000. The van der Waals surface area contributed by atoms with Crippen LogP contribution in [-0.4, -0.2) is 29.7 Å². The van der Waals surface area contributed by atoms with Gasteiger partial charge >= 0.3 is 16.6 Å². The summed E-state index contributed by atoms with van der Waals surface area (Å²) in [7, 11) is -1.81. The molecule has 0 amide bonds. The molecule has 0 aliphatic carbocycles. The van der Waals surface area contributed by atoms with E-state index in [0.29, 0.717) is 0 Å². The molecule has 0 fully saturated rings. The summed E-state index contributed by atoms with van der Waals surface area (Å²) in [6, 6.07) is 13.3. The van der Waals surface area contributed by atoms with Crippen molar-refractivity contribution in [3.05, 3.63) is 48.2 Å². The summed E-state index contributed by atoms with van der Waals surface area (Å²) >= 11 is 2.38. The van der Waals surface area contributed by atoms with E-state index in [0.717, 1.165) is 11.4 Å². The molecule has 0 N–H and O–H groups in total. The standard InChI is InChI=1S/C21H23NOSi.Al/c1-21(2,3)14-9-10-15-13(11-14)12-22-19-18-16(23)7-6-8-17(18)24(4,5)20(15)19;/h6-12,23H,1-5H3;/q;+1/p-1. The summed E-state index contributed by atoms with van der Waals surface area (Å²) in [6.07, 6.45) is 2.03. The van der Waals surface area contributed by atoms with E-state index in [9.17, 15) is 0 Å². The van der Waals surface area contributed by atoms with Crippen LogP contribution in [0.5, 0.6) is 5.75 Å². The molecule has 1 aliphatic rings. The lowest BCUT2D eigenvalue weighted by Crippen LogP contribution is -2.49. The van der Waals surface area contributed by atoms with Crippen molar-refractivity contribution in [2.45, 2.75) is 39.3 Å². The lowest BCUT2D eigenvalue weighted by atomic mass is 9.86. The molecular formula is C21H22AlNOSi. The van der Waals surface area contributed by atoms with Crippen LogP contribution in [0.2, 0.25) is 13.1 Å². The van der Waals surface area contributed by atoms with Crippen LogP contribution in [0.1, 0.15) is 26.3 Å². The quantitative estimate of drug-likeness (QED) is 0.617. The van der Waals surface area contributed by atoms with Gasteiger partial charge in [0, 0.05) is 17.1 Å². The van der Waals surface area contributed by atoms with E-state index in [-0.39, 0.29) is 5.41 Å². The first kappa shape index (κ1) is 16.8. The molecule has 2 nitrogen and oxygen atoms in total. The fraction of sp³-hybridized carbons (Fsp3) is 0.286. The van der Waals surface area contributed by atoms with Crippen LogP contribution >= 0.6 is 0 Å². The van der Waals surface area contributed by atoms with Crippen LogP contribution in [0.15, 0.2) is 42.6 Å². The SMILES string of the molecule is CC(C)(C)c1ccc2c3c(ncc2c1)-c1c([O][Al])cccc1[Si]3(C)C. The lowest BCUT2D eigenvalue weighted by molar-refractivity contribution is 0.591. The van der Waals surface area contributed by atoms with E-state index in [2.05, 4.69) is 80.8 Å². The Kier molecular flexibility index (Phi) is 3.67. The summed E-state index contributed by atoms with van der Waals surface area (Å²) < 4.78 is 5.58. The highest BCUT2D eigenvalue weighted by Crippen LogP contribution is 2.36. The molecule has 2 heterocycles. The van der Waals surface area contributed by atoms with Crippen LogP contribution in [-0.2, 0) is 5.41 Å². The first-order valence-electron chi connectivity index (χ1n) is 8.69. The van der Waals surface area contributed by atoms with E-state index in [1.165, 1.54) is 32.3 Å². The maximum absolute atomic E-state index is 5.58. The maximum Gasteiger partial charge on any atom is 0.482 e. The molecule has 3 aromatic rings. The molecule has 1 aliphatic heterocycles. The minimum atomic E-state index is -1.81. The van der Waals surface area contributed by atoms with E-state index < -0.39 is 8.07 Å². The van der Waals surface area contributed by atoms with Crippen molar-refractivity contribution < 1.29 is 3.79 Å². The molecule has 0 saturated heterocycles. The molecule has 1 aromatic heterocycles. The Morgan fingerprint density at radius 3 is 2.52 bits per heavy atom. The van der Waals surface area contributed by atoms with Gasteiger partial charge in [0.15, 0.2) is 0 Å². The van der Waals surface area contributed by atoms with Gasteiger partial charge in [0.1, 0.15) is 8.07 Å². The molecule has 0 unspecified atom stereocenters. The molecular weight excluding hydrogens is 337 g/mol. The average Bonchev–Trinajstić information content (AvgIpc) is 2.81. The summed E-state index contributed by atoms with van der Waals surface area (Å²) in [6.45, 7) is 11.6. The molecule has 0 spiro atoms. The Labute approximate surface area is 159 Å². The maximum atomic E-state index is 5.58. The normalized spacial score (nSPS) is 15.1. The molecule has 0 atom stereocenters. The Hall–Kier alpha value is -1.60. The monoisotopic (exact) mass is 359 g/mol. The fourth-order valence-corrected chi connectivity index (χ4v) is 7.57. The zero-order valence-electron chi connectivity index (χ0n) is 15.5. The van der Waals surface area contributed by atoms with Gasteiger partial charge in [-0.1, -0.05) is 58.1 Å². The minimum Gasteiger partial charge on any atom is -0.653 e. The Balaban J connectivity index is 2.06. The second-order valence-corrected chi connectivity index (χ2v) is 13.0. The Morgan fingerprint density at radius 1 is 1.08 bits per heavy atom. The van der Waals surface area contributed by atoms with Gasteiger partial charge in [0.05, 0.1) is 11.4 Å². The second-order valence-electron chi connectivity index (χ2n) is 8.46. The largest absolute Gasteiger partial charge is 0.653 e. The van der Waals surface area contributed by atoms with E-state index in [4.69, 9.17) is 8.77 Å². The third kappa shape index (κ3) is 2.39. The smallest absolute Gasteiger partial charge is 0.482 e. The number of benzene rings is 2. The highest BCUT2D eigenvalue weighted by molar-refractivity contribution is 7.05. The van der Waals surface area contributed by atoms with E-state index in [1.807, 2.05) is 12.3 Å². The zero-order valence-corrected chi connectivity index (χ0v) is 17.6. The van der Waals surface area contributed by atoms with Crippen molar-refractivity contribution in [1.29, 1.82) is 0 Å². The van der Waals surface area contributed by atoms with Crippen LogP contribution in [0.4, 0.5) is 0 Å². The van der Waals surface area contributed by atoms with Crippen molar-refractivity contribution in [3.63, 3.8) is 0 Å².